The second-order valence-electron chi connectivity index (χ2n) is 4.76. The van der Waals surface area contributed by atoms with E-state index >= 15 is 0 Å². The Kier molecular flexibility index (Phi) is 5.77. The van der Waals surface area contributed by atoms with Gasteiger partial charge in [-0.2, -0.15) is 13.2 Å². The monoisotopic (exact) mass is 324 g/mol. The summed E-state index contributed by atoms with van der Waals surface area (Å²) >= 11 is 0. The SMILES string of the molecule is CCNCc1cc(S(=O)(=O)NCC(F)(F)F)c(C)cc1C. The Balaban J connectivity index is 3.10. The van der Waals surface area contributed by atoms with Crippen molar-refractivity contribution in [2.45, 2.75) is 38.4 Å². The van der Waals surface area contributed by atoms with Crippen LogP contribution in [0.25, 0.3) is 0 Å². The van der Waals surface area contributed by atoms with Crippen LogP contribution in [-0.2, 0) is 16.6 Å². The van der Waals surface area contributed by atoms with E-state index in [0.717, 1.165) is 11.1 Å². The van der Waals surface area contributed by atoms with Gasteiger partial charge in [0.05, 0.1) is 4.90 Å². The van der Waals surface area contributed by atoms with Crippen LogP contribution in [0.1, 0.15) is 23.6 Å². The number of halogens is 3. The minimum atomic E-state index is -4.59. The molecular formula is C13H19F3N2O2S. The second-order valence-corrected chi connectivity index (χ2v) is 6.50. The molecule has 1 rings (SSSR count). The van der Waals surface area contributed by atoms with E-state index in [4.69, 9.17) is 0 Å². The number of sulfonamides is 1. The van der Waals surface area contributed by atoms with Crippen LogP contribution in [0, 0.1) is 13.8 Å². The van der Waals surface area contributed by atoms with Gasteiger partial charge in [-0.3, -0.25) is 0 Å². The van der Waals surface area contributed by atoms with Crippen molar-refractivity contribution in [2.24, 2.45) is 0 Å². The molecule has 0 saturated heterocycles. The normalized spacial score (nSPS) is 12.7. The predicted octanol–water partition coefficient (Wildman–Crippen LogP) is 2.25. The highest BCUT2D eigenvalue weighted by Crippen LogP contribution is 2.21. The van der Waals surface area contributed by atoms with Gasteiger partial charge in [0.1, 0.15) is 6.54 Å². The van der Waals surface area contributed by atoms with Crippen molar-refractivity contribution in [2.75, 3.05) is 13.1 Å². The zero-order valence-corrected chi connectivity index (χ0v) is 13.0. The summed E-state index contributed by atoms with van der Waals surface area (Å²) in [5, 5.41) is 3.06. The quantitative estimate of drug-likeness (QED) is 0.844. The first-order valence-electron chi connectivity index (χ1n) is 6.44. The molecule has 1 aromatic carbocycles. The van der Waals surface area contributed by atoms with E-state index in [2.05, 4.69) is 5.32 Å². The first kappa shape index (κ1) is 17.9. The lowest BCUT2D eigenvalue weighted by atomic mass is 10.1. The third-order valence-electron chi connectivity index (χ3n) is 2.95. The van der Waals surface area contributed by atoms with Gasteiger partial charge in [-0.1, -0.05) is 13.0 Å². The molecule has 0 radical (unpaired) electrons. The maximum Gasteiger partial charge on any atom is 0.402 e. The molecule has 0 aliphatic rings. The average molecular weight is 324 g/mol. The zero-order chi connectivity index (χ0) is 16.3. The molecule has 0 bridgehead atoms. The molecule has 0 heterocycles. The van der Waals surface area contributed by atoms with Crippen molar-refractivity contribution in [3.05, 3.63) is 28.8 Å². The highest BCUT2D eigenvalue weighted by atomic mass is 32.2. The molecule has 0 fully saturated rings. The molecule has 0 aromatic heterocycles. The van der Waals surface area contributed by atoms with Crippen molar-refractivity contribution in [3.63, 3.8) is 0 Å². The lowest BCUT2D eigenvalue weighted by Gasteiger charge is -2.14. The predicted molar refractivity (Wildman–Crippen MR) is 74.5 cm³/mol. The number of nitrogens with one attached hydrogen (secondary N) is 2. The molecule has 0 spiro atoms. The maximum absolute atomic E-state index is 12.2. The van der Waals surface area contributed by atoms with E-state index in [1.807, 2.05) is 13.8 Å². The Morgan fingerprint density at radius 2 is 1.76 bits per heavy atom. The minimum Gasteiger partial charge on any atom is -0.313 e. The summed E-state index contributed by atoms with van der Waals surface area (Å²) in [5.74, 6) is 0. The van der Waals surface area contributed by atoms with Gasteiger partial charge in [0.25, 0.3) is 0 Å². The van der Waals surface area contributed by atoms with Crippen molar-refractivity contribution in [3.8, 4) is 0 Å². The van der Waals surface area contributed by atoms with E-state index in [1.165, 1.54) is 6.07 Å². The number of hydrogen-bond donors (Lipinski definition) is 2. The molecule has 21 heavy (non-hydrogen) atoms. The average Bonchev–Trinajstić information content (AvgIpc) is 2.34. The lowest BCUT2D eigenvalue weighted by molar-refractivity contribution is -0.121. The fourth-order valence-corrected chi connectivity index (χ4v) is 3.16. The molecule has 8 heteroatoms. The summed E-state index contributed by atoms with van der Waals surface area (Å²) in [6.07, 6.45) is -4.59. The maximum atomic E-state index is 12.2. The van der Waals surface area contributed by atoms with Gasteiger partial charge in [0.2, 0.25) is 10.0 Å². The molecular weight excluding hydrogens is 305 g/mol. The Bertz CT molecular complexity index is 598. The molecule has 2 N–H and O–H groups in total. The van der Waals surface area contributed by atoms with E-state index in [1.54, 1.807) is 17.7 Å². The van der Waals surface area contributed by atoms with E-state index < -0.39 is 22.7 Å². The third kappa shape index (κ3) is 5.29. The van der Waals surface area contributed by atoms with Gasteiger partial charge >= 0.3 is 6.18 Å². The van der Waals surface area contributed by atoms with Crippen LogP contribution in [0.5, 0.6) is 0 Å². The van der Waals surface area contributed by atoms with Crippen LogP contribution < -0.4 is 10.0 Å². The van der Waals surface area contributed by atoms with Gasteiger partial charge < -0.3 is 5.32 Å². The van der Waals surface area contributed by atoms with E-state index in [0.29, 0.717) is 18.7 Å². The number of hydrogen-bond acceptors (Lipinski definition) is 3. The minimum absolute atomic E-state index is 0.120. The van der Waals surface area contributed by atoms with Gasteiger partial charge in [-0.05, 0) is 43.1 Å². The Hall–Kier alpha value is -1.12. The molecule has 120 valence electrons. The summed E-state index contributed by atoms with van der Waals surface area (Å²) in [6, 6.07) is 3.08. The number of rotatable bonds is 6. The molecule has 0 amide bonds. The molecule has 4 nitrogen and oxygen atoms in total. The first-order chi connectivity index (χ1) is 9.57. The Labute approximate surface area is 122 Å². The standard InChI is InChI=1S/C13H19F3N2O2S/c1-4-17-7-11-6-12(10(3)5-9(11)2)21(19,20)18-8-13(14,15)16/h5-6,17-18H,4,7-8H2,1-3H3. The Morgan fingerprint density at radius 1 is 1.14 bits per heavy atom. The van der Waals surface area contributed by atoms with Crippen LogP contribution in [0.4, 0.5) is 13.2 Å². The molecule has 1 aromatic rings. The molecule has 0 aliphatic carbocycles. The van der Waals surface area contributed by atoms with Gasteiger partial charge in [-0.25, -0.2) is 13.1 Å². The van der Waals surface area contributed by atoms with Crippen LogP contribution in [0.2, 0.25) is 0 Å². The van der Waals surface area contributed by atoms with E-state index in [9.17, 15) is 21.6 Å². The zero-order valence-electron chi connectivity index (χ0n) is 12.1. The highest BCUT2D eigenvalue weighted by molar-refractivity contribution is 7.89. The van der Waals surface area contributed by atoms with Crippen LogP contribution in [0.3, 0.4) is 0 Å². The van der Waals surface area contributed by atoms with Gasteiger partial charge in [-0.15, -0.1) is 0 Å². The fraction of sp³-hybridized carbons (Fsp3) is 0.538. The van der Waals surface area contributed by atoms with Crippen LogP contribution in [-0.4, -0.2) is 27.7 Å². The summed E-state index contributed by atoms with van der Waals surface area (Å²) in [4.78, 5) is -0.120. The smallest absolute Gasteiger partial charge is 0.313 e. The topological polar surface area (TPSA) is 58.2 Å². The van der Waals surface area contributed by atoms with Gasteiger partial charge in [0, 0.05) is 6.54 Å². The fourth-order valence-electron chi connectivity index (χ4n) is 1.87. The lowest BCUT2D eigenvalue weighted by Crippen LogP contribution is -2.34. The second kappa shape index (κ2) is 6.76. The van der Waals surface area contributed by atoms with Crippen LogP contribution in [0.15, 0.2) is 17.0 Å². The number of alkyl halides is 3. The molecule has 0 atom stereocenters. The van der Waals surface area contributed by atoms with Crippen molar-refractivity contribution < 1.29 is 21.6 Å². The number of benzene rings is 1. The highest BCUT2D eigenvalue weighted by Gasteiger charge is 2.30. The van der Waals surface area contributed by atoms with Crippen molar-refractivity contribution in [1.82, 2.24) is 10.0 Å². The van der Waals surface area contributed by atoms with Crippen molar-refractivity contribution >= 4 is 10.0 Å². The summed E-state index contributed by atoms with van der Waals surface area (Å²) in [5.41, 5.74) is 2.06. The largest absolute Gasteiger partial charge is 0.402 e. The van der Waals surface area contributed by atoms with Gasteiger partial charge in [0.15, 0.2) is 0 Å². The molecule has 0 unspecified atom stereocenters. The Morgan fingerprint density at radius 3 is 2.29 bits per heavy atom. The summed E-state index contributed by atoms with van der Waals surface area (Å²) in [7, 11) is -4.19. The summed E-state index contributed by atoms with van der Waals surface area (Å²) < 4.78 is 62.1. The summed E-state index contributed by atoms with van der Waals surface area (Å²) in [6.45, 7) is 4.90. The van der Waals surface area contributed by atoms with Crippen molar-refractivity contribution in [1.29, 1.82) is 0 Å². The number of aryl methyl sites for hydroxylation is 2. The molecule has 0 aliphatic heterocycles. The first-order valence-corrected chi connectivity index (χ1v) is 7.92. The van der Waals surface area contributed by atoms with Crippen LogP contribution >= 0.6 is 0 Å². The van der Waals surface area contributed by atoms with E-state index in [-0.39, 0.29) is 4.90 Å². The third-order valence-corrected chi connectivity index (χ3v) is 4.49. The molecule has 0 saturated carbocycles.